The van der Waals surface area contributed by atoms with Crippen molar-refractivity contribution in [3.05, 3.63) is 40.4 Å². The van der Waals surface area contributed by atoms with E-state index in [0.717, 1.165) is 43.1 Å². The molecule has 0 spiro atoms. The molecule has 0 radical (unpaired) electrons. The number of rotatable bonds is 6. The minimum absolute atomic E-state index is 0.110. The van der Waals surface area contributed by atoms with E-state index in [-0.39, 0.29) is 17.1 Å². The summed E-state index contributed by atoms with van der Waals surface area (Å²) >= 11 is 1.08. The number of nitrogens with zero attached hydrogens (tertiary/aromatic N) is 6. The van der Waals surface area contributed by atoms with Crippen molar-refractivity contribution in [2.24, 2.45) is 5.16 Å². The number of aromatic nitrogens is 4. The maximum atomic E-state index is 12.6. The van der Waals surface area contributed by atoms with Gasteiger partial charge in [-0.1, -0.05) is 5.16 Å². The van der Waals surface area contributed by atoms with Gasteiger partial charge in [0.15, 0.2) is 5.65 Å². The second-order valence-corrected chi connectivity index (χ2v) is 8.37. The lowest BCUT2D eigenvalue weighted by molar-refractivity contribution is -0.0398. The van der Waals surface area contributed by atoms with Crippen LogP contribution in [0.25, 0.3) is 16.2 Å². The summed E-state index contributed by atoms with van der Waals surface area (Å²) in [6, 6.07) is 3.29. The van der Waals surface area contributed by atoms with Crippen molar-refractivity contribution in [3.63, 3.8) is 0 Å². The Morgan fingerprint density at radius 1 is 1.34 bits per heavy atom. The first-order valence-corrected chi connectivity index (χ1v) is 11.0. The van der Waals surface area contributed by atoms with Crippen molar-refractivity contribution < 1.29 is 19.5 Å². The molecule has 2 aliphatic heterocycles. The van der Waals surface area contributed by atoms with Gasteiger partial charge in [-0.25, -0.2) is 14.8 Å². The summed E-state index contributed by atoms with van der Waals surface area (Å²) in [5.74, 6) is -0.658. The number of pyridine rings is 2. The molecule has 3 aromatic heterocycles. The highest BCUT2D eigenvalue weighted by Crippen LogP contribution is 2.23. The Kier molecular flexibility index (Phi) is 5.53. The molecule has 12 heteroatoms. The zero-order chi connectivity index (χ0) is 22.1. The van der Waals surface area contributed by atoms with Crippen molar-refractivity contribution in [1.82, 2.24) is 18.9 Å². The van der Waals surface area contributed by atoms with Gasteiger partial charge in [0, 0.05) is 24.3 Å². The lowest BCUT2D eigenvalue weighted by atomic mass is 10.1. The molecule has 5 rings (SSSR count). The first kappa shape index (κ1) is 20.5. The van der Waals surface area contributed by atoms with Crippen LogP contribution in [-0.4, -0.2) is 68.1 Å². The summed E-state index contributed by atoms with van der Waals surface area (Å²) < 4.78 is 11.1. The molecular weight excluding hydrogens is 436 g/mol. The van der Waals surface area contributed by atoms with E-state index in [4.69, 9.17) is 9.57 Å². The molecule has 11 nitrogen and oxygen atoms in total. The van der Waals surface area contributed by atoms with Gasteiger partial charge < -0.3 is 19.6 Å². The summed E-state index contributed by atoms with van der Waals surface area (Å²) in [5, 5.41) is 14.2. The highest BCUT2D eigenvalue weighted by atomic mass is 32.1. The molecule has 0 aliphatic carbocycles. The number of anilines is 1. The van der Waals surface area contributed by atoms with E-state index in [1.165, 1.54) is 17.1 Å². The fourth-order valence-corrected chi connectivity index (χ4v) is 4.22. The Labute approximate surface area is 186 Å². The highest BCUT2D eigenvalue weighted by molar-refractivity contribution is 7.08. The smallest absolute Gasteiger partial charge is 0.341 e. The van der Waals surface area contributed by atoms with E-state index in [1.807, 2.05) is 4.90 Å². The predicted octanol–water partition coefficient (Wildman–Crippen LogP) is 1.70. The van der Waals surface area contributed by atoms with E-state index >= 15 is 0 Å². The first-order valence-electron chi connectivity index (χ1n) is 10.2. The maximum Gasteiger partial charge on any atom is 0.341 e. The number of carboxylic acid groups (broad SMARTS) is 1. The molecule has 0 amide bonds. The van der Waals surface area contributed by atoms with Gasteiger partial charge in [0.25, 0.3) is 0 Å². The number of hydrogen-bond donors (Lipinski definition) is 1. The van der Waals surface area contributed by atoms with Gasteiger partial charge in [-0.2, -0.15) is 4.37 Å². The van der Waals surface area contributed by atoms with Gasteiger partial charge in [0.1, 0.15) is 24.3 Å². The maximum absolute atomic E-state index is 12.6. The minimum atomic E-state index is -1.30. The largest absolute Gasteiger partial charge is 0.477 e. The van der Waals surface area contributed by atoms with Crippen LogP contribution in [0.15, 0.2) is 34.6 Å². The van der Waals surface area contributed by atoms with Crippen LogP contribution in [0, 0.1) is 0 Å². The Balaban J connectivity index is 1.36. The standard InChI is InChI=1S/C20H20N6O5S/c27-17-14-4-5-16(25-7-12(8-25)24-31-10-13-3-1-2-6-30-13)23-18(14)26(9-15(17)19(28)29)20-21-11-22-32-20/h4-5,9,11,13H,1-3,6-8,10H2,(H,28,29). The number of hydrogen-bond acceptors (Lipinski definition) is 10. The average Bonchev–Trinajstić information content (AvgIpc) is 3.30. The Morgan fingerprint density at radius 3 is 2.94 bits per heavy atom. The summed E-state index contributed by atoms with van der Waals surface area (Å²) in [7, 11) is 0. The molecule has 166 valence electrons. The number of ether oxygens (including phenoxy) is 1. The minimum Gasteiger partial charge on any atom is -0.477 e. The van der Waals surface area contributed by atoms with Crippen molar-refractivity contribution in [3.8, 4) is 5.13 Å². The third kappa shape index (κ3) is 3.94. The van der Waals surface area contributed by atoms with E-state index in [9.17, 15) is 14.7 Å². The molecule has 3 aromatic rings. The van der Waals surface area contributed by atoms with E-state index in [0.29, 0.717) is 36.3 Å². The fraction of sp³-hybridized carbons (Fsp3) is 0.400. The second kappa shape index (κ2) is 8.63. The van der Waals surface area contributed by atoms with Crippen molar-refractivity contribution in [2.45, 2.75) is 25.4 Å². The number of carbonyl (C=O) groups is 1. The zero-order valence-electron chi connectivity index (χ0n) is 17.0. The van der Waals surface area contributed by atoms with E-state index in [2.05, 4.69) is 19.5 Å². The van der Waals surface area contributed by atoms with Crippen LogP contribution in [-0.2, 0) is 9.57 Å². The molecular formula is C20H20N6O5S. The predicted molar refractivity (Wildman–Crippen MR) is 117 cm³/mol. The SMILES string of the molecule is O=C(O)c1cn(-c2ncns2)c2nc(N3CC(=NOCC4CCCCO4)C3)ccc2c1=O. The molecule has 5 heterocycles. The summed E-state index contributed by atoms with van der Waals surface area (Å²) in [6.45, 7) is 2.35. The van der Waals surface area contributed by atoms with Gasteiger partial charge >= 0.3 is 5.97 Å². The number of oxime groups is 1. The van der Waals surface area contributed by atoms with Gasteiger partial charge in [0.05, 0.1) is 30.3 Å². The summed E-state index contributed by atoms with van der Waals surface area (Å²) in [4.78, 5) is 40.4. The lowest BCUT2D eigenvalue weighted by Gasteiger charge is -2.33. The molecule has 1 N–H and O–H groups in total. The third-order valence-electron chi connectivity index (χ3n) is 5.42. The molecule has 32 heavy (non-hydrogen) atoms. The van der Waals surface area contributed by atoms with Crippen LogP contribution in [0.1, 0.15) is 29.6 Å². The van der Waals surface area contributed by atoms with Crippen LogP contribution in [0.4, 0.5) is 5.82 Å². The molecule has 1 unspecified atom stereocenters. The molecule has 0 bridgehead atoms. The van der Waals surface area contributed by atoms with Crippen molar-refractivity contribution in [1.29, 1.82) is 0 Å². The van der Waals surface area contributed by atoms with Crippen molar-refractivity contribution >= 4 is 40.1 Å². The third-order valence-corrected chi connectivity index (χ3v) is 6.09. The molecule has 0 saturated carbocycles. The van der Waals surface area contributed by atoms with Crippen LogP contribution in [0.5, 0.6) is 0 Å². The number of aromatic carboxylic acids is 1. The van der Waals surface area contributed by atoms with Crippen LogP contribution < -0.4 is 10.3 Å². The average molecular weight is 456 g/mol. The van der Waals surface area contributed by atoms with Gasteiger partial charge in [-0.05, 0) is 31.4 Å². The monoisotopic (exact) mass is 456 g/mol. The topological polar surface area (TPSA) is 132 Å². The van der Waals surface area contributed by atoms with E-state index in [1.54, 1.807) is 12.1 Å². The van der Waals surface area contributed by atoms with Gasteiger partial charge in [-0.15, -0.1) is 0 Å². The molecule has 0 aromatic carbocycles. The molecule has 2 aliphatic rings. The Morgan fingerprint density at radius 2 is 2.22 bits per heavy atom. The Bertz CT molecular complexity index is 1230. The highest BCUT2D eigenvalue weighted by Gasteiger charge is 2.26. The second-order valence-electron chi connectivity index (χ2n) is 7.61. The van der Waals surface area contributed by atoms with Gasteiger partial charge in [0.2, 0.25) is 10.6 Å². The number of carboxylic acids is 1. The van der Waals surface area contributed by atoms with Crippen LogP contribution in [0.2, 0.25) is 0 Å². The first-order chi connectivity index (χ1) is 15.6. The summed E-state index contributed by atoms with van der Waals surface area (Å²) in [6.07, 6.45) is 5.97. The van der Waals surface area contributed by atoms with E-state index < -0.39 is 11.4 Å². The molecule has 2 saturated heterocycles. The van der Waals surface area contributed by atoms with Crippen LogP contribution >= 0.6 is 11.5 Å². The Hall–Kier alpha value is -3.38. The number of fused-ring (bicyclic) bond motifs is 1. The van der Waals surface area contributed by atoms with Gasteiger partial charge in [-0.3, -0.25) is 9.36 Å². The zero-order valence-corrected chi connectivity index (χ0v) is 17.8. The lowest BCUT2D eigenvalue weighted by Crippen LogP contribution is -2.48. The van der Waals surface area contributed by atoms with Crippen LogP contribution in [0.3, 0.4) is 0 Å². The molecule has 2 fully saturated rings. The van der Waals surface area contributed by atoms with Crippen molar-refractivity contribution in [2.75, 3.05) is 31.2 Å². The quantitative estimate of drug-likeness (QED) is 0.550. The fourth-order valence-electron chi connectivity index (χ4n) is 3.71. The molecule has 1 atom stereocenters. The normalized spacial score (nSPS) is 18.4. The summed E-state index contributed by atoms with van der Waals surface area (Å²) in [5.41, 5.74) is 0.284.